The Bertz CT molecular complexity index is 509. The molecule has 5 nitrogen and oxygen atoms in total. The maximum atomic E-state index is 5.67. The quantitative estimate of drug-likeness (QED) is 0.872. The van der Waals surface area contributed by atoms with Gasteiger partial charge in [0.2, 0.25) is 0 Å². The van der Waals surface area contributed by atoms with Gasteiger partial charge in [0.15, 0.2) is 0 Å². The van der Waals surface area contributed by atoms with Crippen molar-refractivity contribution in [1.29, 1.82) is 0 Å². The van der Waals surface area contributed by atoms with Crippen molar-refractivity contribution < 1.29 is 4.74 Å². The van der Waals surface area contributed by atoms with Gasteiger partial charge in [-0.2, -0.15) is 0 Å². The number of para-hydroxylation sites is 1. The van der Waals surface area contributed by atoms with Gasteiger partial charge in [-0.15, -0.1) is 10.2 Å². The van der Waals surface area contributed by atoms with E-state index in [0.29, 0.717) is 6.61 Å². The summed E-state index contributed by atoms with van der Waals surface area (Å²) in [4.78, 5) is 0. The first-order valence-corrected chi connectivity index (χ1v) is 6.23. The minimum atomic E-state index is 0.634. The minimum Gasteiger partial charge on any atom is -0.493 e. The average Bonchev–Trinajstić information content (AvgIpc) is 2.84. The fraction of sp³-hybridized carbons (Fsp3) is 0.385. The lowest BCUT2D eigenvalue weighted by Crippen LogP contribution is -2.29. The second-order valence-corrected chi connectivity index (χ2v) is 4.27. The lowest BCUT2D eigenvalue weighted by molar-refractivity contribution is 0.315. The van der Waals surface area contributed by atoms with Crippen molar-refractivity contribution in [1.82, 2.24) is 20.1 Å². The highest BCUT2D eigenvalue weighted by Gasteiger charge is 2.14. The number of nitrogens with one attached hydrogen (secondary N) is 1. The summed E-state index contributed by atoms with van der Waals surface area (Å²) in [5, 5.41) is 11.7. The summed E-state index contributed by atoms with van der Waals surface area (Å²) >= 11 is 0. The first kappa shape index (κ1) is 11.2. The van der Waals surface area contributed by atoms with Crippen molar-refractivity contribution in [3.63, 3.8) is 0 Å². The summed E-state index contributed by atoms with van der Waals surface area (Å²) in [6.45, 7) is 3.38. The molecule has 0 unspecified atom stereocenters. The Morgan fingerprint density at radius 3 is 3.00 bits per heavy atom. The molecule has 0 bridgehead atoms. The van der Waals surface area contributed by atoms with E-state index < -0.39 is 0 Å². The molecule has 2 aromatic rings. The zero-order chi connectivity index (χ0) is 12.2. The van der Waals surface area contributed by atoms with Gasteiger partial charge in [-0.3, -0.25) is 0 Å². The molecule has 94 valence electrons. The summed E-state index contributed by atoms with van der Waals surface area (Å²) in [7, 11) is 0. The van der Waals surface area contributed by atoms with Crippen molar-refractivity contribution in [3.05, 3.63) is 42.0 Å². The van der Waals surface area contributed by atoms with E-state index in [4.69, 9.17) is 4.74 Å². The van der Waals surface area contributed by atoms with E-state index in [1.807, 2.05) is 30.3 Å². The lowest BCUT2D eigenvalue weighted by Gasteiger charge is -2.16. The third-order valence-corrected chi connectivity index (χ3v) is 3.04. The number of hydrogen-bond donors (Lipinski definition) is 1. The second kappa shape index (κ2) is 5.18. The summed E-state index contributed by atoms with van der Waals surface area (Å²) in [5.74, 6) is 2.94. The number of rotatable bonds is 4. The van der Waals surface area contributed by atoms with Crippen molar-refractivity contribution in [3.8, 4) is 5.75 Å². The topological polar surface area (TPSA) is 52.0 Å². The third kappa shape index (κ3) is 2.36. The predicted molar refractivity (Wildman–Crippen MR) is 67.4 cm³/mol. The molecule has 0 fully saturated rings. The first-order chi connectivity index (χ1) is 8.93. The van der Waals surface area contributed by atoms with E-state index >= 15 is 0 Å². The van der Waals surface area contributed by atoms with Crippen LogP contribution in [0.15, 0.2) is 30.3 Å². The highest BCUT2D eigenvalue weighted by molar-refractivity contribution is 5.20. The van der Waals surface area contributed by atoms with Crippen molar-refractivity contribution in [2.45, 2.75) is 19.5 Å². The van der Waals surface area contributed by atoms with Gasteiger partial charge in [0.25, 0.3) is 0 Å². The van der Waals surface area contributed by atoms with Crippen LogP contribution in [0.2, 0.25) is 0 Å². The summed E-state index contributed by atoms with van der Waals surface area (Å²) in [5.41, 5.74) is 0. The van der Waals surface area contributed by atoms with E-state index in [1.165, 1.54) is 0 Å². The Labute approximate surface area is 106 Å². The molecule has 1 aliphatic rings. The second-order valence-electron chi connectivity index (χ2n) is 4.27. The molecule has 1 aromatic heterocycles. The Balaban J connectivity index is 1.59. The van der Waals surface area contributed by atoms with Gasteiger partial charge in [-0.1, -0.05) is 18.2 Å². The Hall–Kier alpha value is -1.88. The molecule has 1 aliphatic heterocycles. The van der Waals surface area contributed by atoms with Gasteiger partial charge in [-0.25, -0.2) is 0 Å². The van der Waals surface area contributed by atoms with Crippen LogP contribution in [0.5, 0.6) is 5.75 Å². The van der Waals surface area contributed by atoms with E-state index in [0.717, 1.165) is 43.5 Å². The molecule has 0 saturated heterocycles. The molecular weight excluding hydrogens is 228 g/mol. The maximum absolute atomic E-state index is 5.67. The number of benzene rings is 1. The lowest BCUT2D eigenvalue weighted by atomic mass is 10.3. The number of fused-ring (bicyclic) bond motifs is 1. The standard InChI is InChI=1S/C13H16N4O/c1-2-4-11(5-3-1)18-9-6-12-15-16-13-10-14-7-8-17(12)13/h1-5,14H,6-10H2. The molecule has 18 heavy (non-hydrogen) atoms. The van der Waals surface area contributed by atoms with Crippen LogP contribution in [-0.2, 0) is 19.5 Å². The van der Waals surface area contributed by atoms with Gasteiger partial charge in [0, 0.05) is 19.5 Å². The van der Waals surface area contributed by atoms with Crippen LogP contribution in [0.1, 0.15) is 11.6 Å². The smallest absolute Gasteiger partial charge is 0.147 e. The molecule has 0 atom stereocenters. The molecular formula is C13H16N4O. The van der Waals surface area contributed by atoms with Crippen LogP contribution in [0.4, 0.5) is 0 Å². The van der Waals surface area contributed by atoms with Crippen LogP contribution in [-0.4, -0.2) is 27.9 Å². The predicted octanol–water partition coefficient (Wildman–Crippen LogP) is 1.00. The Morgan fingerprint density at radius 2 is 2.11 bits per heavy atom. The number of ether oxygens (including phenoxy) is 1. The van der Waals surface area contributed by atoms with Crippen molar-refractivity contribution >= 4 is 0 Å². The SMILES string of the molecule is c1ccc(OCCc2nnc3n2CCNC3)cc1. The zero-order valence-electron chi connectivity index (χ0n) is 10.2. The largest absolute Gasteiger partial charge is 0.493 e. The monoisotopic (exact) mass is 244 g/mol. The van der Waals surface area contributed by atoms with E-state index in [1.54, 1.807) is 0 Å². The zero-order valence-corrected chi connectivity index (χ0v) is 10.2. The van der Waals surface area contributed by atoms with Gasteiger partial charge in [0.05, 0.1) is 13.2 Å². The minimum absolute atomic E-state index is 0.634. The van der Waals surface area contributed by atoms with Crippen LogP contribution in [0, 0.1) is 0 Å². The third-order valence-electron chi connectivity index (χ3n) is 3.04. The Kier molecular flexibility index (Phi) is 3.23. The Morgan fingerprint density at radius 1 is 1.22 bits per heavy atom. The molecule has 2 heterocycles. The van der Waals surface area contributed by atoms with E-state index in [9.17, 15) is 0 Å². The van der Waals surface area contributed by atoms with Crippen LogP contribution < -0.4 is 10.1 Å². The first-order valence-electron chi connectivity index (χ1n) is 6.23. The van der Waals surface area contributed by atoms with Gasteiger partial charge in [0.1, 0.15) is 17.4 Å². The molecule has 1 aromatic carbocycles. The van der Waals surface area contributed by atoms with Crippen LogP contribution >= 0.6 is 0 Å². The number of hydrogen-bond acceptors (Lipinski definition) is 4. The van der Waals surface area contributed by atoms with Crippen LogP contribution in [0.3, 0.4) is 0 Å². The summed E-state index contributed by atoms with van der Waals surface area (Å²) in [6.07, 6.45) is 0.794. The molecule has 0 spiro atoms. The van der Waals surface area contributed by atoms with E-state index in [-0.39, 0.29) is 0 Å². The maximum Gasteiger partial charge on any atom is 0.147 e. The highest BCUT2D eigenvalue weighted by Crippen LogP contribution is 2.10. The molecule has 0 radical (unpaired) electrons. The van der Waals surface area contributed by atoms with Crippen LogP contribution in [0.25, 0.3) is 0 Å². The molecule has 0 aliphatic carbocycles. The van der Waals surface area contributed by atoms with Crippen molar-refractivity contribution in [2.24, 2.45) is 0 Å². The fourth-order valence-electron chi connectivity index (χ4n) is 2.11. The van der Waals surface area contributed by atoms with Gasteiger partial charge < -0.3 is 14.6 Å². The number of aromatic nitrogens is 3. The summed E-state index contributed by atoms with van der Waals surface area (Å²) < 4.78 is 7.86. The summed E-state index contributed by atoms with van der Waals surface area (Å²) in [6, 6.07) is 9.85. The van der Waals surface area contributed by atoms with Gasteiger partial charge in [-0.05, 0) is 12.1 Å². The van der Waals surface area contributed by atoms with E-state index in [2.05, 4.69) is 20.1 Å². The molecule has 0 saturated carbocycles. The molecule has 3 rings (SSSR count). The molecule has 0 amide bonds. The normalized spacial score (nSPS) is 14.2. The van der Waals surface area contributed by atoms with Gasteiger partial charge >= 0.3 is 0 Å². The molecule has 5 heteroatoms. The highest BCUT2D eigenvalue weighted by atomic mass is 16.5. The average molecular weight is 244 g/mol. The fourth-order valence-corrected chi connectivity index (χ4v) is 2.11. The van der Waals surface area contributed by atoms with Crippen molar-refractivity contribution in [2.75, 3.05) is 13.2 Å². The molecule has 1 N–H and O–H groups in total. The number of nitrogens with zero attached hydrogens (tertiary/aromatic N) is 3.